The smallest absolute Gasteiger partial charge is 0.273 e. The molecule has 188 valence electrons. The summed E-state index contributed by atoms with van der Waals surface area (Å²) in [5.74, 6) is 0.568. The van der Waals surface area contributed by atoms with Gasteiger partial charge in [0.2, 0.25) is 0 Å². The Hall–Kier alpha value is -3.40. The predicted octanol–water partition coefficient (Wildman–Crippen LogP) is 3.55. The third-order valence-corrected chi connectivity index (χ3v) is 5.58. The Morgan fingerprint density at radius 3 is 2.51 bits per heavy atom. The van der Waals surface area contributed by atoms with Crippen LogP contribution in [0.5, 0.6) is 11.5 Å². The van der Waals surface area contributed by atoms with Crippen LogP contribution in [-0.4, -0.2) is 68.8 Å². The van der Waals surface area contributed by atoms with Gasteiger partial charge in [0.05, 0.1) is 25.9 Å². The number of amidine groups is 1. The number of carbonyl (C=O) groups is 2. The maximum Gasteiger partial charge on any atom is 0.273 e. The lowest BCUT2D eigenvalue weighted by atomic mass is 9.99. The topological polar surface area (TPSA) is 108 Å². The van der Waals surface area contributed by atoms with Crippen LogP contribution in [0.1, 0.15) is 51.5 Å². The number of amides is 1. The van der Waals surface area contributed by atoms with E-state index < -0.39 is 5.91 Å². The zero-order chi connectivity index (χ0) is 25.2. The van der Waals surface area contributed by atoms with E-state index in [-0.39, 0.29) is 40.8 Å². The molecule has 0 unspecified atom stereocenters. The molecule has 0 spiro atoms. The Balaban J connectivity index is 0.00000432. The number of fused-ring (bicyclic) bond motifs is 1. The molecule has 0 fully saturated rings. The first-order chi connectivity index (χ1) is 16.1. The molecule has 1 aliphatic heterocycles. The number of nitrogens with zero attached hydrogens (tertiary/aromatic N) is 3. The molecular weight excluding hydrogens is 514 g/mol. The number of ketones is 1. The number of hydrogen-bond acceptors (Lipinski definition) is 7. The van der Waals surface area contributed by atoms with Crippen molar-refractivity contribution in [2.24, 2.45) is 0 Å². The quantitative estimate of drug-likeness (QED) is 0.464. The summed E-state index contributed by atoms with van der Waals surface area (Å²) in [5, 5.41) is 11.1. The summed E-state index contributed by atoms with van der Waals surface area (Å²) in [6.45, 7) is 8.40. The number of rotatable bonds is 9. The number of anilines is 1. The van der Waals surface area contributed by atoms with Crippen LogP contribution in [-0.2, 0) is 6.54 Å². The van der Waals surface area contributed by atoms with Crippen molar-refractivity contribution in [1.29, 1.82) is 5.41 Å². The minimum Gasteiger partial charge on any atom is -0.494 e. The lowest BCUT2D eigenvalue weighted by molar-refractivity contribution is 0.0949. The Labute approximate surface area is 216 Å². The maximum atomic E-state index is 13.3. The van der Waals surface area contributed by atoms with Gasteiger partial charge in [0.1, 0.15) is 17.3 Å². The predicted molar refractivity (Wildman–Crippen MR) is 143 cm³/mol. The largest absolute Gasteiger partial charge is 0.494 e. The summed E-state index contributed by atoms with van der Waals surface area (Å²) in [6.07, 6.45) is 0. The normalized spacial score (nSPS) is 11.9. The van der Waals surface area contributed by atoms with E-state index in [2.05, 4.69) is 16.9 Å². The minimum absolute atomic E-state index is 0. The Kier molecular flexibility index (Phi) is 9.03. The van der Waals surface area contributed by atoms with Crippen molar-refractivity contribution >= 4 is 45.8 Å². The van der Waals surface area contributed by atoms with Gasteiger partial charge in [-0.2, -0.15) is 0 Å². The van der Waals surface area contributed by atoms with Gasteiger partial charge in [-0.15, -0.1) is 17.0 Å². The molecule has 0 aliphatic carbocycles. The van der Waals surface area contributed by atoms with E-state index in [0.717, 1.165) is 22.4 Å². The summed E-state index contributed by atoms with van der Waals surface area (Å²) in [5.41, 5.74) is 4.05. The Morgan fingerprint density at radius 1 is 1.29 bits per heavy atom. The van der Waals surface area contributed by atoms with Gasteiger partial charge in [0, 0.05) is 44.4 Å². The van der Waals surface area contributed by atoms with Crippen LogP contribution in [0.15, 0.2) is 24.8 Å². The summed E-state index contributed by atoms with van der Waals surface area (Å²) >= 11 is 0. The molecule has 2 N–H and O–H groups in total. The number of halogens is 1. The summed E-state index contributed by atoms with van der Waals surface area (Å²) in [7, 11) is 6.87. The molecule has 0 bridgehead atoms. The fraction of sp³-hybridized carbons (Fsp3) is 0.360. The van der Waals surface area contributed by atoms with Gasteiger partial charge >= 0.3 is 0 Å². The average molecular weight is 546 g/mol. The highest BCUT2D eigenvalue weighted by atomic mass is 79.9. The van der Waals surface area contributed by atoms with Crippen LogP contribution < -0.4 is 19.7 Å². The van der Waals surface area contributed by atoms with Gasteiger partial charge in [-0.25, -0.2) is 4.98 Å². The van der Waals surface area contributed by atoms with Crippen LogP contribution in [0.3, 0.4) is 0 Å². The fourth-order valence-corrected chi connectivity index (χ4v) is 3.88. The van der Waals surface area contributed by atoms with Crippen LogP contribution >= 0.6 is 17.0 Å². The van der Waals surface area contributed by atoms with Gasteiger partial charge in [-0.05, 0) is 37.6 Å². The molecular formula is C25H32BrN5O4. The molecule has 0 saturated carbocycles. The number of ether oxygens (including phenoxy) is 2. The molecule has 0 radical (unpaired) electrons. The average Bonchev–Trinajstić information content (AvgIpc) is 3.11. The standard InChI is InChI=1S/C25H31N5O4.BrH/c1-8-34-20-11-16-12-30(24(26)21(16)28-22(20)25(32)27-4)13-19(31)15-9-17(14(2)3)23(33-7)18(10-15)29(5)6;/h9-11,26H,2,8,12-13H2,1,3-7H3,(H,27,32);1H. The van der Waals surface area contributed by atoms with E-state index in [4.69, 9.17) is 14.9 Å². The zero-order valence-corrected chi connectivity index (χ0v) is 22.7. The highest BCUT2D eigenvalue weighted by Crippen LogP contribution is 2.36. The van der Waals surface area contributed by atoms with Crippen LogP contribution in [0.2, 0.25) is 0 Å². The first-order valence-corrected chi connectivity index (χ1v) is 10.9. The lowest BCUT2D eigenvalue weighted by Crippen LogP contribution is -2.31. The van der Waals surface area contributed by atoms with E-state index in [9.17, 15) is 9.59 Å². The Morgan fingerprint density at radius 2 is 1.97 bits per heavy atom. The molecule has 9 nitrogen and oxygen atoms in total. The molecule has 35 heavy (non-hydrogen) atoms. The second-order valence-corrected chi connectivity index (χ2v) is 8.23. The van der Waals surface area contributed by atoms with Crippen molar-refractivity contribution in [2.45, 2.75) is 20.4 Å². The number of benzene rings is 1. The van der Waals surface area contributed by atoms with Crippen LogP contribution in [0.25, 0.3) is 5.57 Å². The van der Waals surface area contributed by atoms with Gasteiger partial charge < -0.3 is 24.6 Å². The Bertz CT molecular complexity index is 1180. The number of allylic oxidation sites excluding steroid dienone is 1. The second-order valence-electron chi connectivity index (χ2n) is 8.23. The van der Waals surface area contributed by atoms with E-state index in [1.807, 2.05) is 32.8 Å². The monoisotopic (exact) mass is 545 g/mol. The molecule has 2 heterocycles. The summed E-state index contributed by atoms with van der Waals surface area (Å²) in [4.78, 5) is 33.5. The molecule has 1 aromatic heterocycles. The number of hydrogen-bond donors (Lipinski definition) is 2. The van der Waals surface area contributed by atoms with Crippen molar-refractivity contribution < 1.29 is 19.1 Å². The summed E-state index contributed by atoms with van der Waals surface area (Å²) < 4.78 is 11.2. The van der Waals surface area contributed by atoms with Crippen LogP contribution in [0.4, 0.5) is 5.69 Å². The van der Waals surface area contributed by atoms with Gasteiger partial charge in [-0.1, -0.05) is 6.58 Å². The van der Waals surface area contributed by atoms with Crippen molar-refractivity contribution in [3.05, 3.63) is 52.9 Å². The van der Waals surface area contributed by atoms with Crippen molar-refractivity contribution in [1.82, 2.24) is 15.2 Å². The van der Waals surface area contributed by atoms with E-state index in [1.54, 1.807) is 30.2 Å². The molecule has 1 aliphatic rings. The number of nitrogens with one attached hydrogen (secondary N) is 2. The first-order valence-electron chi connectivity index (χ1n) is 10.9. The summed E-state index contributed by atoms with van der Waals surface area (Å²) in [6, 6.07) is 5.29. The molecule has 1 aromatic carbocycles. The van der Waals surface area contributed by atoms with Gasteiger partial charge in [0.15, 0.2) is 17.2 Å². The highest BCUT2D eigenvalue weighted by molar-refractivity contribution is 8.93. The molecule has 0 atom stereocenters. The number of aromatic nitrogens is 1. The van der Waals surface area contributed by atoms with Crippen molar-refractivity contribution in [3.63, 3.8) is 0 Å². The third-order valence-electron chi connectivity index (χ3n) is 5.58. The number of Topliss-reactive ketones (excluding diaryl/α,β-unsaturated/α-hetero) is 1. The van der Waals surface area contributed by atoms with E-state index in [0.29, 0.717) is 35.9 Å². The SMILES string of the molecule is Br.C=C(C)c1cc(C(=O)CN2Cc3cc(OCC)c(C(=O)NC)nc3C2=N)cc(N(C)C)c1OC. The van der Waals surface area contributed by atoms with Gasteiger partial charge in [0.25, 0.3) is 5.91 Å². The van der Waals surface area contributed by atoms with Gasteiger partial charge in [-0.3, -0.25) is 15.0 Å². The fourth-order valence-electron chi connectivity index (χ4n) is 3.88. The number of pyridine rings is 1. The van der Waals surface area contributed by atoms with E-state index >= 15 is 0 Å². The highest BCUT2D eigenvalue weighted by Gasteiger charge is 2.31. The molecule has 10 heteroatoms. The minimum atomic E-state index is -0.393. The molecule has 1 amide bonds. The van der Waals surface area contributed by atoms with Crippen LogP contribution in [0, 0.1) is 5.41 Å². The first kappa shape index (κ1) is 27.8. The van der Waals surface area contributed by atoms with E-state index in [1.165, 1.54) is 7.05 Å². The van der Waals surface area contributed by atoms with Crippen molar-refractivity contribution in [2.75, 3.05) is 46.3 Å². The number of carbonyl (C=O) groups excluding carboxylic acids is 2. The zero-order valence-electron chi connectivity index (χ0n) is 20.9. The second kappa shape index (κ2) is 11.4. The molecule has 3 rings (SSSR count). The number of methoxy groups -OCH3 is 1. The molecule has 0 saturated heterocycles. The maximum absolute atomic E-state index is 13.3. The van der Waals surface area contributed by atoms with Crippen molar-refractivity contribution in [3.8, 4) is 11.5 Å². The lowest BCUT2D eigenvalue weighted by Gasteiger charge is -2.22. The third kappa shape index (κ3) is 5.48. The molecule has 2 aromatic rings.